The molecule has 4 heteroatoms. The van der Waals surface area contributed by atoms with Crippen molar-refractivity contribution in [2.45, 2.75) is 112 Å². The first-order valence-electron chi connectivity index (χ1n) is 11.1. The van der Waals surface area contributed by atoms with Crippen LogP contribution >= 0.6 is 0 Å². The summed E-state index contributed by atoms with van der Waals surface area (Å²) in [4.78, 5) is 24.9. The molecule has 28 heavy (non-hydrogen) atoms. The van der Waals surface area contributed by atoms with E-state index in [0.29, 0.717) is 18.8 Å². The third-order valence-corrected chi connectivity index (χ3v) is 5.88. The van der Waals surface area contributed by atoms with Gasteiger partial charge in [0.15, 0.2) is 0 Å². The second kappa shape index (κ2) is 10.1. The Hall–Kier alpha value is -1.06. The van der Waals surface area contributed by atoms with Gasteiger partial charge in [0.1, 0.15) is 5.60 Å². The topological polar surface area (TPSA) is 52.6 Å². The zero-order valence-electron chi connectivity index (χ0n) is 19.7. The number of rotatable bonds is 8. The highest BCUT2D eigenvalue weighted by Crippen LogP contribution is 2.37. The zero-order valence-corrected chi connectivity index (χ0v) is 19.7. The fourth-order valence-electron chi connectivity index (χ4n) is 4.07. The first-order chi connectivity index (χ1) is 12.7. The summed E-state index contributed by atoms with van der Waals surface area (Å²) in [6.45, 7) is 17.0. The van der Waals surface area contributed by atoms with Gasteiger partial charge >= 0.3 is 11.9 Å². The normalized spacial score (nSPS) is 17.9. The quantitative estimate of drug-likeness (QED) is 0.356. The van der Waals surface area contributed by atoms with Gasteiger partial charge in [-0.2, -0.15) is 0 Å². The van der Waals surface area contributed by atoms with Gasteiger partial charge < -0.3 is 9.47 Å². The molecule has 0 saturated heterocycles. The van der Waals surface area contributed by atoms with E-state index in [-0.39, 0.29) is 35.3 Å². The lowest BCUT2D eigenvalue weighted by Crippen LogP contribution is -2.38. The fraction of sp³-hybridized carbons (Fsp3) is 0.917. The smallest absolute Gasteiger partial charge is 0.309 e. The molecule has 0 spiro atoms. The second-order valence-electron chi connectivity index (χ2n) is 11.4. The standard InChI is InChI=1S/C24H44O4/c1-22(2,3)17-19(23(4,5)6)21(26)27-16-12-15-20(25)28-24(7,8)18-13-10-9-11-14-18/h18-19H,9-17H2,1-8H3. The van der Waals surface area contributed by atoms with E-state index in [2.05, 4.69) is 41.5 Å². The summed E-state index contributed by atoms with van der Waals surface area (Å²) in [5.41, 5.74) is -0.489. The molecule has 1 aliphatic rings. The number of carbonyl (C=O) groups excluding carboxylic acids is 2. The number of carbonyl (C=O) groups is 2. The van der Waals surface area contributed by atoms with Crippen molar-refractivity contribution in [2.75, 3.05) is 6.61 Å². The summed E-state index contributed by atoms with van der Waals surface area (Å²) < 4.78 is 11.3. The van der Waals surface area contributed by atoms with Gasteiger partial charge in [-0.1, -0.05) is 60.8 Å². The first kappa shape index (κ1) is 25.0. The average molecular weight is 397 g/mol. The minimum absolute atomic E-state index is 0.0610. The van der Waals surface area contributed by atoms with Crippen LogP contribution in [0.25, 0.3) is 0 Å². The van der Waals surface area contributed by atoms with Crippen molar-refractivity contribution in [3.05, 3.63) is 0 Å². The third-order valence-electron chi connectivity index (χ3n) is 5.88. The van der Waals surface area contributed by atoms with E-state index >= 15 is 0 Å². The van der Waals surface area contributed by atoms with Crippen LogP contribution in [-0.2, 0) is 19.1 Å². The van der Waals surface area contributed by atoms with E-state index in [4.69, 9.17) is 9.47 Å². The van der Waals surface area contributed by atoms with Crippen molar-refractivity contribution in [3.8, 4) is 0 Å². The van der Waals surface area contributed by atoms with Crippen LogP contribution in [0.2, 0.25) is 0 Å². The Balaban J connectivity index is 2.41. The van der Waals surface area contributed by atoms with Crippen molar-refractivity contribution >= 4 is 11.9 Å². The van der Waals surface area contributed by atoms with Crippen LogP contribution in [-0.4, -0.2) is 24.1 Å². The van der Waals surface area contributed by atoms with Crippen LogP contribution in [0.4, 0.5) is 0 Å². The molecule has 0 aromatic carbocycles. The molecule has 1 fully saturated rings. The van der Waals surface area contributed by atoms with Crippen LogP contribution in [0.15, 0.2) is 0 Å². The Morgan fingerprint density at radius 3 is 2.00 bits per heavy atom. The molecule has 0 bridgehead atoms. The van der Waals surface area contributed by atoms with Crippen molar-refractivity contribution < 1.29 is 19.1 Å². The van der Waals surface area contributed by atoms with Gasteiger partial charge in [0.05, 0.1) is 12.5 Å². The van der Waals surface area contributed by atoms with Crippen molar-refractivity contribution in [3.63, 3.8) is 0 Å². The molecule has 0 amide bonds. The van der Waals surface area contributed by atoms with Gasteiger partial charge in [-0.05, 0) is 56.3 Å². The summed E-state index contributed by atoms with van der Waals surface area (Å²) >= 11 is 0. The number of hydrogen-bond donors (Lipinski definition) is 0. The molecule has 0 aromatic rings. The molecule has 0 radical (unpaired) electrons. The lowest BCUT2D eigenvalue weighted by Gasteiger charge is -2.36. The van der Waals surface area contributed by atoms with Gasteiger partial charge in [-0.25, -0.2) is 0 Å². The lowest BCUT2D eigenvalue weighted by atomic mass is 9.72. The molecule has 1 atom stereocenters. The Kier molecular flexibility index (Phi) is 9.02. The number of ether oxygens (including phenoxy) is 2. The van der Waals surface area contributed by atoms with Crippen LogP contribution in [0.5, 0.6) is 0 Å². The molecule has 0 heterocycles. The Labute approximate surface area is 173 Å². The van der Waals surface area contributed by atoms with Gasteiger partial charge in [0.2, 0.25) is 0 Å². The van der Waals surface area contributed by atoms with E-state index in [1.165, 1.54) is 19.3 Å². The van der Waals surface area contributed by atoms with Crippen molar-refractivity contribution in [1.29, 1.82) is 0 Å². The predicted octanol–water partition coefficient (Wildman–Crippen LogP) is 6.31. The van der Waals surface area contributed by atoms with E-state index < -0.39 is 5.60 Å². The highest BCUT2D eigenvalue weighted by Gasteiger charge is 2.36. The van der Waals surface area contributed by atoms with Crippen LogP contribution in [0, 0.1) is 22.7 Å². The molecule has 1 saturated carbocycles. The monoisotopic (exact) mass is 396 g/mol. The van der Waals surface area contributed by atoms with E-state index in [1.54, 1.807) is 0 Å². The van der Waals surface area contributed by atoms with Gasteiger partial charge in [0, 0.05) is 6.42 Å². The summed E-state index contributed by atoms with van der Waals surface area (Å²) in [5.74, 6) is -0.0373. The number of esters is 2. The minimum atomic E-state index is -0.405. The summed E-state index contributed by atoms with van der Waals surface area (Å²) in [6, 6.07) is 0. The Bertz CT molecular complexity index is 502. The Morgan fingerprint density at radius 2 is 1.50 bits per heavy atom. The second-order valence-corrected chi connectivity index (χ2v) is 11.4. The molecule has 1 unspecified atom stereocenters. The van der Waals surface area contributed by atoms with Crippen LogP contribution < -0.4 is 0 Å². The molecule has 1 aliphatic carbocycles. The van der Waals surface area contributed by atoms with E-state index in [1.807, 2.05) is 13.8 Å². The molecule has 164 valence electrons. The maximum absolute atomic E-state index is 12.6. The van der Waals surface area contributed by atoms with Gasteiger partial charge in [-0.3, -0.25) is 9.59 Å². The van der Waals surface area contributed by atoms with Crippen molar-refractivity contribution in [1.82, 2.24) is 0 Å². The van der Waals surface area contributed by atoms with Gasteiger partial charge in [-0.15, -0.1) is 0 Å². The van der Waals surface area contributed by atoms with Crippen LogP contribution in [0.3, 0.4) is 0 Å². The highest BCUT2D eigenvalue weighted by molar-refractivity contribution is 5.73. The summed E-state index contributed by atoms with van der Waals surface area (Å²) in [7, 11) is 0. The molecule has 1 rings (SSSR count). The maximum Gasteiger partial charge on any atom is 0.309 e. The van der Waals surface area contributed by atoms with Gasteiger partial charge in [0.25, 0.3) is 0 Å². The molecule has 0 aromatic heterocycles. The molecule has 0 aliphatic heterocycles. The third kappa shape index (κ3) is 8.96. The maximum atomic E-state index is 12.6. The Morgan fingerprint density at radius 1 is 0.929 bits per heavy atom. The average Bonchev–Trinajstić information content (AvgIpc) is 2.55. The molecule has 4 nitrogen and oxygen atoms in total. The first-order valence-corrected chi connectivity index (χ1v) is 11.1. The number of hydrogen-bond acceptors (Lipinski definition) is 4. The van der Waals surface area contributed by atoms with E-state index in [0.717, 1.165) is 19.3 Å². The SMILES string of the molecule is CC(C)(C)CC(C(=O)OCCCC(=O)OC(C)(C)C1CCCCC1)C(C)(C)C. The highest BCUT2D eigenvalue weighted by atomic mass is 16.6. The van der Waals surface area contributed by atoms with Crippen LogP contribution in [0.1, 0.15) is 107 Å². The summed E-state index contributed by atoms with van der Waals surface area (Å²) in [6.07, 6.45) is 7.61. The van der Waals surface area contributed by atoms with E-state index in [9.17, 15) is 9.59 Å². The minimum Gasteiger partial charge on any atom is -0.465 e. The zero-order chi connectivity index (χ0) is 21.6. The molecular formula is C24H44O4. The lowest BCUT2D eigenvalue weighted by molar-refractivity contribution is -0.164. The molecular weight excluding hydrogens is 352 g/mol. The fourth-order valence-corrected chi connectivity index (χ4v) is 4.07. The molecule has 0 N–H and O–H groups in total. The largest absolute Gasteiger partial charge is 0.465 e. The summed E-state index contributed by atoms with van der Waals surface area (Å²) in [5, 5.41) is 0. The predicted molar refractivity (Wildman–Crippen MR) is 114 cm³/mol. The van der Waals surface area contributed by atoms with Crippen molar-refractivity contribution in [2.24, 2.45) is 22.7 Å².